The molecule has 1 saturated carbocycles. The Hall–Kier alpha value is -2.47. The predicted molar refractivity (Wildman–Crippen MR) is 94.8 cm³/mol. The Morgan fingerprint density at radius 2 is 1.92 bits per heavy atom. The van der Waals surface area contributed by atoms with E-state index in [1.165, 1.54) is 6.42 Å². The molecular weight excluding hydrogens is 318 g/mol. The fourth-order valence-electron chi connectivity index (χ4n) is 4.04. The van der Waals surface area contributed by atoms with Crippen LogP contribution >= 0.6 is 12.2 Å². The summed E-state index contributed by atoms with van der Waals surface area (Å²) in [5.74, 6) is 2.10. The lowest BCUT2D eigenvalue weighted by molar-refractivity contribution is 0.431. The van der Waals surface area contributed by atoms with Crippen LogP contribution in [0.15, 0.2) is 48.6 Å². The van der Waals surface area contributed by atoms with Crippen molar-refractivity contribution in [2.24, 2.45) is 11.8 Å². The van der Waals surface area contributed by atoms with Crippen LogP contribution in [0.3, 0.4) is 0 Å². The molecule has 2 aromatic heterocycles. The van der Waals surface area contributed by atoms with Crippen LogP contribution in [0, 0.1) is 16.6 Å². The van der Waals surface area contributed by atoms with E-state index in [0.29, 0.717) is 22.6 Å². The molecule has 6 heteroatoms. The van der Waals surface area contributed by atoms with Crippen molar-refractivity contribution in [2.75, 3.05) is 0 Å². The second-order valence-electron chi connectivity index (χ2n) is 6.60. The molecule has 1 aromatic carbocycles. The van der Waals surface area contributed by atoms with Crippen LogP contribution in [-0.2, 0) is 0 Å². The zero-order valence-corrected chi connectivity index (χ0v) is 13.8. The Balaban J connectivity index is 1.56. The maximum Gasteiger partial charge on any atom is 0.195 e. The summed E-state index contributed by atoms with van der Waals surface area (Å²) < 4.78 is 2.86. The first kappa shape index (κ1) is 13.9. The van der Waals surface area contributed by atoms with E-state index in [2.05, 4.69) is 49.2 Å². The van der Waals surface area contributed by atoms with Gasteiger partial charge >= 0.3 is 0 Å². The van der Waals surface area contributed by atoms with Crippen molar-refractivity contribution in [2.45, 2.75) is 18.9 Å². The number of hydrogen-bond donors (Lipinski definition) is 2. The van der Waals surface area contributed by atoms with Crippen LogP contribution < -0.4 is 0 Å². The Bertz CT molecular complexity index is 965. The average molecular weight is 335 g/mol. The standard InChI is InChI=1S/C18H17N5S/c24-18-22-21-17(23(18)16-9-11-6-7-13(16)8-11)15-10-14(19-20-15)12-4-2-1-3-5-12/h1-7,10-11,13,16H,8-9H2,(H,19,20)(H,22,24). The summed E-state index contributed by atoms with van der Waals surface area (Å²) in [5, 5.41) is 15.0. The highest BCUT2D eigenvalue weighted by atomic mass is 32.1. The topological polar surface area (TPSA) is 62.3 Å². The summed E-state index contributed by atoms with van der Waals surface area (Å²) in [5.41, 5.74) is 2.90. The molecule has 0 spiro atoms. The molecule has 0 saturated heterocycles. The Kier molecular flexibility index (Phi) is 3.06. The fourth-order valence-corrected chi connectivity index (χ4v) is 4.31. The molecule has 2 aliphatic carbocycles. The quantitative estimate of drug-likeness (QED) is 0.559. The summed E-state index contributed by atoms with van der Waals surface area (Å²) in [7, 11) is 0. The Labute approximate surface area is 144 Å². The number of benzene rings is 1. The van der Waals surface area contributed by atoms with Crippen molar-refractivity contribution in [3.05, 3.63) is 53.3 Å². The molecule has 0 aliphatic heterocycles. The van der Waals surface area contributed by atoms with Gasteiger partial charge in [-0.25, -0.2) is 0 Å². The lowest BCUT2D eigenvalue weighted by Gasteiger charge is -2.20. The number of nitrogens with one attached hydrogen (secondary N) is 2. The van der Waals surface area contributed by atoms with Gasteiger partial charge in [0.1, 0.15) is 5.69 Å². The van der Waals surface area contributed by atoms with E-state index in [0.717, 1.165) is 29.2 Å². The Morgan fingerprint density at radius 3 is 2.67 bits per heavy atom. The number of aromatic amines is 2. The van der Waals surface area contributed by atoms with Crippen molar-refractivity contribution < 1.29 is 0 Å². The van der Waals surface area contributed by atoms with Crippen molar-refractivity contribution >= 4 is 12.2 Å². The first-order valence-corrected chi connectivity index (χ1v) is 8.67. The number of nitrogens with zero attached hydrogens (tertiary/aromatic N) is 3. The molecule has 2 heterocycles. The second kappa shape index (κ2) is 5.27. The minimum Gasteiger partial charge on any atom is -0.295 e. The molecule has 3 atom stereocenters. The molecular formula is C18H17N5S. The number of H-pyrrole nitrogens is 2. The number of hydrogen-bond acceptors (Lipinski definition) is 3. The van der Waals surface area contributed by atoms with Gasteiger partial charge in [-0.1, -0.05) is 42.5 Å². The van der Waals surface area contributed by atoms with Crippen LogP contribution in [0.2, 0.25) is 0 Å². The second-order valence-corrected chi connectivity index (χ2v) is 6.99. The molecule has 5 rings (SSSR count). The zero-order valence-electron chi connectivity index (χ0n) is 13.0. The smallest absolute Gasteiger partial charge is 0.195 e. The van der Waals surface area contributed by atoms with E-state index < -0.39 is 0 Å². The molecule has 2 N–H and O–H groups in total. The van der Waals surface area contributed by atoms with Gasteiger partial charge in [0.05, 0.1) is 5.69 Å². The first-order chi connectivity index (χ1) is 11.8. The van der Waals surface area contributed by atoms with Crippen LogP contribution in [0.4, 0.5) is 0 Å². The molecule has 3 aromatic rings. The third-order valence-corrected chi connectivity index (χ3v) is 5.46. The van der Waals surface area contributed by atoms with E-state index in [4.69, 9.17) is 12.2 Å². The molecule has 0 radical (unpaired) electrons. The van der Waals surface area contributed by atoms with E-state index in [1.54, 1.807) is 0 Å². The minimum absolute atomic E-state index is 0.393. The molecule has 1 fully saturated rings. The van der Waals surface area contributed by atoms with Crippen molar-refractivity contribution in [1.29, 1.82) is 0 Å². The highest BCUT2D eigenvalue weighted by Gasteiger charge is 2.38. The summed E-state index contributed by atoms with van der Waals surface area (Å²) in [6.45, 7) is 0. The van der Waals surface area contributed by atoms with Gasteiger partial charge in [0.2, 0.25) is 0 Å². The minimum atomic E-state index is 0.393. The molecule has 3 unspecified atom stereocenters. The highest BCUT2D eigenvalue weighted by Crippen LogP contribution is 2.47. The van der Waals surface area contributed by atoms with Gasteiger partial charge in [0.25, 0.3) is 0 Å². The monoisotopic (exact) mass is 335 g/mol. The summed E-state index contributed by atoms with van der Waals surface area (Å²) in [6.07, 6.45) is 7.05. The lowest BCUT2D eigenvalue weighted by Crippen LogP contribution is -2.15. The van der Waals surface area contributed by atoms with Gasteiger partial charge in [-0.05, 0) is 43.0 Å². The zero-order chi connectivity index (χ0) is 16.1. The van der Waals surface area contributed by atoms with Crippen molar-refractivity contribution in [3.63, 3.8) is 0 Å². The normalized spacial score (nSPS) is 24.8. The number of fused-ring (bicyclic) bond motifs is 2. The van der Waals surface area contributed by atoms with Crippen molar-refractivity contribution in [3.8, 4) is 22.8 Å². The summed E-state index contributed by atoms with van der Waals surface area (Å²) >= 11 is 5.51. The predicted octanol–water partition coefficient (Wildman–Crippen LogP) is 4.13. The van der Waals surface area contributed by atoms with Gasteiger partial charge in [-0.3, -0.25) is 14.8 Å². The van der Waals surface area contributed by atoms with Crippen LogP contribution in [0.25, 0.3) is 22.8 Å². The van der Waals surface area contributed by atoms with E-state index in [-0.39, 0.29) is 0 Å². The molecule has 24 heavy (non-hydrogen) atoms. The SMILES string of the molecule is S=c1[nH]nc(-c2cc(-c3ccccc3)n[nH]2)n1C1CC2C=CC1C2. The largest absolute Gasteiger partial charge is 0.295 e. The molecule has 5 nitrogen and oxygen atoms in total. The number of allylic oxidation sites excluding steroid dienone is 2. The van der Waals surface area contributed by atoms with Gasteiger partial charge < -0.3 is 0 Å². The maximum absolute atomic E-state index is 5.51. The third-order valence-electron chi connectivity index (χ3n) is 5.17. The van der Waals surface area contributed by atoms with Crippen LogP contribution in [0.5, 0.6) is 0 Å². The molecule has 2 bridgehead atoms. The number of aromatic nitrogens is 5. The van der Waals surface area contributed by atoms with Gasteiger partial charge in [0, 0.05) is 11.6 Å². The average Bonchev–Trinajstić information content (AvgIpc) is 3.38. The third kappa shape index (κ3) is 2.10. The first-order valence-electron chi connectivity index (χ1n) is 8.26. The molecule has 120 valence electrons. The fraction of sp³-hybridized carbons (Fsp3) is 0.278. The lowest BCUT2D eigenvalue weighted by atomic mass is 10.0. The van der Waals surface area contributed by atoms with E-state index in [9.17, 15) is 0 Å². The molecule has 0 amide bonds. The van der Waals surface area contributed by atoms with E-state index in [1.807, 2.05) is 24.3 Å². The Morgan fingerprint density at radius 1 is 1.04 bits per heavy atom. The van der Waals surface area contributed by atoms with Crippen LogP contribution in [0.1, 0.15) is 18.9 Å². The maximum atomic E-state index is 5.51. The van der Waals surface area contributed by atoms with Gasteiger partial charge in [0.15, 0.2) is 10.6 Å². The van der Waals surface area contributed by atoms with Gasteiger partial charge in [-0.2, -0.15) is 10.2 Å². The van der Waals surface area contributed by atoms with Crippen molar-refractivity contribution in [1.82, 2.24) is 25.0 Å². The summed E-state index contributed by atoms with van der Waals surface area (Å²) in [4.78, 5) is 0. The highest BCUT2D eigenvalue weighted by molar-refractivity contribution is 7.71. The molecule has 2 aliphatic rings. The number of rotatable bonds is 3. The van der Waals surface area contributed by atoms with Crippen LogP contribution in [-0.4, -0.2) is 25.0 Å². The van der Waals surface area contributed by atoms with E-state index >= 15 is 0 Å². The summed E-state index contributed by atoms with van der Waals surface area (Å²) in [6, 6.07) is 12.6. The van der Waals surface area contributed by atoms with Gasteiger partial charge in [-0.15, -0.1) is 0 Å².